The monoisotopic (exact) mass is 339 g/mol. The zero-order valence-corrected chi connectivity index (χ0v) is 13.4. The van der Waals surface area contributed by atoms with E-state index in [4.69, 9.17) is 0 Å². The third-order valence-electron chi connectivity index (χ3n) is 3.76. The lowest BCUT2D eigenvalue weighted by atomic mass is 10.0. The number of amides is 1. The molecule has 0 aliphatic heterocycles. The average Bonchev–Trinajstić information content (AvgIpc) is 2.95. The van der Waals surface area contributed by atoms with E-state index >= 15 is 0 Å². The number of benzene rings is 1. The van der Waals surface area contributed by atoms with Crippen LogP contribution in [0.3, 0.4) is 0 Å². The number of nitrogens with zero attached hydrogens (tertiary/aromatic N) is 2. The molecule has 0 radical (unpaired) electrons. The smallest absolute Gasteiger partial charge is 0.349 e. The van der Waals surface area contributed by atoms with Crippen LogP contribution in [0.25, 0.3) is 0 Å². The summed E-state index contributed by atoms with van der Waals surface area (Å²) in [6.45, 7) is 2.49. The summed E-state index contributed by atoms with van der Waals surface area (Å²) < 4.78 is 38.7. The Morgan fingerprint density at radius 2 is 2.00 bits per heavy atom. The third-order valence-corrected chi connectivity index (χ3v) is 3.76. The van der Waals surface area contributed by atoms with Gasteiger partial charge in [-0.2, -0.15) is 13.2 Å². The maximum atomic E-state index is 12.3. The van der Waals surface area contributed by atoms with Crippen LogP contribution in [0, 0.1) is 6.92 Å². The van der Waals surface area contributed by atoms with Gasteiger partial charge in [0.05, 0.1) is 12.5 Å². The van der Waals surface area contributed by atoms with Gasteiger partial charge in [0, 0.05) is 25.4 Å². The standard InChI is InChI=1S/C17H20F3N3O/c1-13-21-10-12-23(13)11-8-15(14-5-3-2-4-6-14)22-16(24)7-9-17(18,19)20/h2-6,10,12,15H,7-9,11H2,1H3,(H,22,24). The van der Waals surface area contributed by atoms with E-state index in [1.165, 1.54) is 0 Å². The first kappa shape index (κ1) is 18.0. The van der Waals surface area contributed by atoms with Gasteiger partial charge in [0.1, 0.15) is 5.82 Å². The number of carbonyl (C=O) groups excluding carboxylic acids is 1. The fourth-order valence-corrected chi connectivity index (χ4v) is 2.44. The Morgan fingerprint density at radius 1 is 1.29 bits per heavy atom. The molecule has 1 aromatic carbocycles. The van der Waals surface area contributed by atoms with Crippen molar-refractivity contribution in [1.29, 1.82) is 0 Å². The number of nitrogens with one attached hydrogen (secondary N) is 1. The molecule has 1 heterocycles. The van der Waals surface area contributed by atoms with Gasteiger partial charge in [0.15, 0.2) is 0 Å². The Labute approximate surface area is 138 Å². The van der Waals surface area contributed by atoms with E-state index in [2.05, 4.69) is 10.3 Å². The number of halogens is 3. The summed E-state index contributed by atoms with van der Waals surface area (Å²) in [7, 11) is 0. The van der Waals surface area contributed by atoms with Gasteiger partial charge in [0.2, 0.25) is 5.91 Å². The zero-order chi connectivity index (χ0) is 17.6. The number of alkyl halides is 3. The third kappa shape index (κ3) is 5.72. The Morgan fingerprint density at radius 3 is 2.58 bits per heavy atom. The second kappa shape index (κ2) is 7.99. The largest absolute Gasteiger partial charge is 0.389 e. The van der Waals surface area contributed by atoms with Crippen LogP contribution in [-0.2, 0) is 11.3 Å². The molecule has 2 rings (SSSR count). The van der Waals surface area contributed by atoms with Gasteiger partial charge >= 0.3 is 6.18 Å². The maximum Gasteiger partial charge on any atom is 0.389 e. The van der Waals surface area contributed by atoms with Crippen molar-refractivity contribution in [3.63, 3.8) is 0 Å². The fourth-order valence-electron chi connectivity index (χ4n) is 2.44. The van der Waals surface area contributed by atoms with Crippen LogP contribution in [0.4, 0.5) is 13.2 Å². The molecule has 0 aliphatic rings. The molecule has 1 amide bonds. The molecule has 0 bridgehead atoms. The van der Waals surface area contributed by atoms with E-state index in [-0.39, 0.29) is 6.04 Å². The molecule has 4 nitrogen and oxygen atoms in total. The summed E-state index contributed by atoms with van der Waals surface area (Å²) in [5.41, 5.74) is 0.871. The number of aryl methyl sites for hydroxylation is 2. The average molecular weight is 339 g/mol. The quantitative estimate of drug-likeness (QED) is 0.834. The zero-order valence-electron chi connectivity index (χ0n) is 13.4. The van der Waals surface area contributed by atoms with Crippen LogP contribution < -0.4 is 5.32 Å². The molecule has 0 fully saturated rings. The SMILES string of the molecule is Cc1nccn1CCC(NC(=O)CCC(F)(F)F)c1ccccc1. The number of hydrogen-bond donors (Lipinski definition) is 1. The number of carbonyl (C=O) groups is 1. The Kier molecular flexibility index (Phi) is 6.00. The van der Waals surface area contributed by atoms with Gasteiger partial charge < -0.3 is 9.88 Å². The highest BCUT2D eigenvalue weighted by Gasteiger charge is 2.28. The molecule has 24 heavy (non-hydrogen) atoms. The predicted octanol–water partition coefficient (Wildman–Crippen LogP) is 3.78. The topological polar surface area (TPSA) is 46.9 Å². The minimum absolute atomic E-state index is 0.339. The molecule has 1 N–H and O–H groups in total. The molecule has 7 heteroatoms. The van der Waals surface area contributed by atoms with Gasteiger partial charge in [-0.3, -0.25) is 4.79 Å². The van der Waals surface area contributed by atoms with E-state index < -0.39 is 24.9 Å². The Hall–Kier alpha value is -2.31. The number of aromatic nitrogens is 2. The number of hydrogen-bond acceptors (Lipinski definition) is 2. The van der Waals surface area contributed by atoms with Gasteiger partial charge in [-0.15, -0.1) is 0 Å². The van der Waals surface area contributed by atoms with E-state index in [0.717, 1.165) is 11.4 Å². The van der Waals surface area contributed by atoms with Crippen LogP contribution in [0.2, 0.25) is 0 Å². The van der Waals surface area contributed by atoms with E-state index in [1.807, 2.05) is 48.0 Å². The van der Waals surface area contributed by atoms with Crippen molar-refractivity contribution in [2.24, 2.45) is 0 Å². The molecule has 130 valence electrons. The molecule has 0 saturated heterocycles. The fraction of sp³-hybridized carbons (Fsp3) is 0.412. The maximum absolute atomic E-state index is 12.3. The number of rotatable bonds is 7. The highest BCUT2D eigenvalue weighted by molar-refractivity contribution is 5.76. The molecular weight excluding hydrogens is 319 g/mol. The van der Waals surface area contributed by atoms with Crippen molar-refractivity contribution in [3.8, 4) is 0 Å². The second-order valence-corrected chi connectivity index (χ2v) is 5.60. The molecule has 1 atom stereocenters. The first-order chi connectivity index (χ1) is 11.3. The molecule has 2 aromatic rings. The van der Waals surface area contributed by atoms with Crippen molar-refractivity contribution in [2.75, 3.05) is 0 Å². The van der Waals surface area contributed by atoms with Gasteiger partial charge in [-0.05, 0) is 18.9 Å². The van der Waals surface area contributed by atoms with E-state index in [1.54, 1.807) is 6.20 Å². The molecule has 0 aliphatic carbocycles. The van der Waals surface area contributed by atoms with Crippen molar-refractivity contribution < 1.29 is 18.0 Å². The van der Waals surface area contributed by atoms with Crippen molar-refractivity contribution in [3.05, 3.63) is 54.1 Å². The van der Waals surface area contributed by atoms with Crippen LogP contribution >= 0.6 is 0 Å². The van der Waals surface area contributed by atoms with Gasteiger partial charge in [-0.25, -0.2) is 4.98 Å². The van der Waals surface area contributed by atoms with Crippen molar-refractivity contribution in [2.45, 2.75) is 44.9 Å². The summed E-state index contributed by atoms with van der Waals surface area (Å²) >= 11 is 0. The lowest BCUT2D eigenvalue weighted by Crippen LogP contribution is -2.30. The van der Waals surface area contributed by atoms with Gasteiger partial charge in [-0.1, -0.05) is 30.3 Å². The molecule has 0 saturated carbocycles. The highest BCUT2D eigenvalue weighted by atomic mass is 19.4. The minimum atomic E-state index is -4.33. The molecular formula is C17H20F3N3O. The van der Waals surface area contributed by atoms with Gasteiger partial charge in [0.25, 0.3) is 0 Å². The first-order valence-corrected chi connectivity index (χ1v) is 7.74. The highest BCUT2D eigenvalue weighted by Crippen LogP contribution is 2.22. The predicted molar refractivity (Wildman–Crippen MR) is 84.2 cm³/mol. The van der Waals surface area contributed by atoms with Crippen LogP contribution in [0.1, 0.15) is 36.7 Å². The van der Waals surface area contributed by atoms with Crippen LogP contribution in [0.5, 0.6) is 0 Å². The normalized spacial score (nSPS) is 12.8. The summed E-state index contributed by atoms with van der Waals surface area (Å²) in [5.74, 6) is 0.258. The molecule has 1 aromatic heterocycles. The summed E-state index contributed by atoms with van der Waals surface area (Å²) in [6.07, 6.45) is -1.90. The lowest BCUT2D eigenvalue weighted by Gasteiger charge is -2.20. The van der Waals surface area contributed by atoms with Crippen LogP contribution in [0.15, 0.2) is 42.7 Å². The number of imidazole rings is 1. The Balaban J connectivity index is 2.00. The summed E-state index contributed by atoms with van der Waals surface area (Å²) in [5, 5.41) is 2.72. The minimum Gasteiger partial charge on any atom is -0.349 e. The lowest BCUT2D eigenvalue weighted by molar-refractivity contribution is -0.144. The van der Waals surface area contributed by atoms with Crippen LogP contribution in [-0.4, -0.2) is 21.6 Å². The van der Waals surface area contributed by atoms with E-state index in [9.17, 15) is 18.0 Å². The van der Waals surface area contributed by atoms with Crippen molar-refractivity contribution in [1.82, 2.24) is 14.9 Å². The molecule has 1 unspecified atom stereocenters. The summed E-state index contributed by atoms with van der Waals surface area (Å²) in [6, 6.07) is 8.91. The Bertz CT molecular complexity index is 653. The molecule has 0 spiro atoms. The second-order valence-electron chi connectivity index (χ2n) is 5.60. The van der Waals surface area contributed by atoms with Crippen molar-refractivity contribution >= 4 is 5.91 Å². The van der Waals surface area contributed by atoms with E-state index in [0.29, 0.717) is 13.0 Å². The first-order valence-electron chi connectivity index (χ1n) is 7.74. The summed E-state index contributed by atoms with van der Waals surface area (Å²) in [4.78, 5) is 16.0.